The maximum Gasteiger partial charge on any atom is 0.279 e. The van der Waals surface area contributed by atoms with E-state index in [0.29, 0.717) is 15.3 Å². The number of halogens is 1. The number of amides is 1. The lowest BCUT2D eigenvalue weighted by atomic mass is 10.1. The number of hydrogen-bond donors (Lipinski definition) is 2. The van der Waals surface area contributed by atoms with Gasteiger partial charge < -0.3 is 4.74 Å². The van der Waals surface area contributed by atoms with E-state index in [-0.39, 0.29) is 11.8 Å². The number of hydrogen-bond acceptors (Lipinski definition) is 5. The second kappa shape index (κ2) is 7.59. The van der Waals surface area contributed by atoms with Crippen LogP contribution < -0.4 is 10.1 Å². The van der Waals surface area contributed by atoms with E-state index in [4.69, 9.17) is 4.74 Å². The van der Waals surface area contributed by atoms with Gasteiger partial charge in [-0.1, -0.05) is 13.8 Å². The van der Waals surface area contributed by atoms with Crippen LogP contribution in [0.5, 0.6) is 5.75 Å². The molecular weight excluding hydrogens is 416 g/mol. The minimum absolute atomic E-state index is 0.238. The Morgan fingerprint density at radius 3 is 2.58 bits per heavy atom. The molecule has 0 aliphatic heterocycles. The van der Waals surface area contributed by atoms with Crippen molar-refractivity contribution in [2.24, 2.45) is 0 Å². The van der Waals surface area contributed by atoms with Crippen LogP contribution in [0.1, 0.15) is 40.8 Å². The third-order valence-corrected chi connectivity index (χ3v) is 5.59. The van der Waals surface area contributed by atoms with Crippen LogP contribution in [0.4, 0.5) is 5.13 Å². The Hall–Kier alpha value is -2.19. The van der Waals surface area contributed by atoms with Crippen molar-refractivity contribution in [1.29, 1.82) is 0 Å². The first-order chi connectivity index (χ1) is 12.4. The Morgan fingerprint density at radius 2 is 2.00 bits per heavy atom. The van der Waals surface area contributed by atoms with Crippen molar-refractivity contribution in [2.45, 2.75) is 26.7 Å². The van der Waals surface area contributed by atoms with Gasteiger partial charge in [-0.15, -0.1) is 11.3 Å². The summed E-state index contributed by atoms with van der Waals surface area (Å²) < 4.78 is 5.87. The molecule has 0 aliphatic rings. The topological polar surface area (TPSA) is 79.9 Å². The van der Waals surface area contributed by atoms with E-state index < -0.39 is 0 Å². The number of carbonyl (C=O) groups excluding carboxylic acids is 1. The molecule has 0 aliphatic carbocycles. The van der Waals surface area contributed by atoms with Gasteiger partial charge in [0.25, 0.3) is 5.91 Å². The van der Waals surface area contributed by atoms with E-state index in [1.165, 1.54) is 11.3 Å². The smallest absolute Gasteiger partial charge is 0.279 e. The number of carbonyl (C=O) groups is 1. The van der Waals surface area contributed by atoms with E-state index in [1.807, 2.05) is 45.0 Å². The monoisotopic (exact) mass is 434 g/mol. The predicted molar refractivity (Wildman–Crippen MR) is 107 cm³/mol. The van der Waals surface area contributed by atoms with Gasteiger partial charge in [0, 0.05) is 10.4 Å². The van der Waals surface area contributed by atoms with Gasteiger partial charge in [0.15, 0.2) is 10.8 Å². The second-order valence-corrected chi connectivity index (χ2v) is 8.06. The highest BCUT2D eigenvalue weighted by Crippen LogP contribution is 2.32. The number of H-pyrrole nitrogens is 1. The van der Waals surface area contributed by atoms with Crippen molar-refractivity contribution < 1.29 is 9.53 Å². The van der Waals surface area contributed by atoms with Crippen LogP contribution in [0, 0.1) is 6.92 Å². The van der Waals surface area contributed by atoms with Gasteiger partial charge in [0.1, 0.15) is 5.75 Å². The Labute approximate surface area is 164 Å². The van der Waals surface area contributed by atoms with Crippen LogP contribution in [0.25, 0.3) is 11.3 Å². The largest absolute Gasteiger partial charge is 0.497 e. The molecule has 1 amide bonds. The van der Waals surface area contributed by atoms with Gasteiger partial charge in [-0.2, -0.15) is 5.10 Å². The summed E-state index contributed by atoms with van der Waals surface area (Å²) in [7, 11) is 1.63. The molecule has 1 aromatic carbocycles. The third kappa shape index (κ3) is 3.66. The van der Waals surface area contributed by atoms with Gasteiger partial charge in [-0.05, 0) is 53.0 Å². The van der Waals surface area contributed by atoms with Crippen molar-refractivity contribution in [3.05, 3.63) is 45.0 Å². The molecule has 2 N–H and O–H groups in total. The summed E-state index contributed by atoms with van der Waals surface area (Å²) in [5.41, 5.74) is 3.04. The van der Waals surface area contributed by atoms with Crippen molar-refractivity contribution in [2.75, 3.05) is 12.4 Å². The van der Waals surface area contributed by atoms with E-state index in [2.05, 4.69) is 36.4 Å². The molecule has 2 heterocycles. The number of nitrogens with one attached hydrogen (secondary N) is 2. The van der Waals surface area contributed by atoms with Crippen LogP contribution in [0.15, 0.2) is 28.7 Å². The van der Waals surface area contributed by atoms with Crippen molar-refractivity contribution in [3.63, 3.8) is 0 Å². The highest BCUT2D eigenvalue weighted by Gasteiger charge is 2.21. The summed E-state index contributed by atoms with van der Waals surface area (Å²) in [4.78, 5) is 18.1. The Kier molecular flexibility index (Phi) is 5.43. The molecule has 0 radical (unpaired) electrons. The first-order valence-electron chi connectivity index (χ1n) is 8.07. The molecule has 0 spiro atoms. The minimum Gasteiger partial charge on any atom is -0.497 e. The first-order valence-corrected chi connectivity index (χ1v) is 9.68. The average Bonchev–Trinajstić information content (AvgIpc) is 3.17. The molecule has 0 saturated carbocycles. The number of ether oxygens (including phenoxy) is 1. The third-order valence-electron chi connectivity index (χ3n) is 3.91. The van der Waals surface area contributed by atoms with Crippen LogP contribution in [-0.4, -0.2) is 28.2 Å². The first kappa shape index (κ1) is 18.6. The van der Waals surface area contributed by atoms with Crippen LogP contribution in [0.3, 0.4) is 0 Å². The molecular formula is C18H19BrN4O2S. The van der Waals surface area contributed by atoms with E-state index >= 15 is 0 Å². The van der Waals surface area contributed by atoms with Crippen LogP contribution in [0.2, 0.25) is 0 Å². The molecule has 8 heteroatoms. The molecule has 3 rings (SSSR count). The number of aryl methyl sites for hydroxylation is 1. The average molecular weight is 435 g/mol. The summed E-state index contributed by atoms with van der Waals surface area (Å²) >= 11 is 4.89. The van der Waals surface area contributed by atoms with Crippen LogP contribution >= 0.6 is 27.3 Å². The summed E-state index contributed by atoms with van der Waals surface area (Å²) in [5, 5.41) is 10.4. The Balaban J connectivity index is 1.81. The highest BCUT2D eigenvalue weighted by atomic mass is 79.9. The summed E-state index contributed by atoms with van der Waals surface area (Å²) in [6.07, 6.45) is 0. The molecule has 0 bridgehead atoms. The second-order valence-electron chi connectivity index (χ2n) is 6.06. The van der Waals surface area contributed by atoms with Gasteiger partial charge in [0.2, 0.25) is 0 Å². The lowest BCUT2D eigenvalue weighted by molar-refractivity contribution is 0.102. The fourth-order valence-electron chi connectivity index (χ4n) is 2.50. The number of rotatable bonds is 5. The van der Waals surface area contributed by atoms with Crippen molar-refractivity contribution in [1.82, 2.24) is 15.2 Å². The lowest BCUT2D eigenvalue weighted by Crippen LogP contribution is -2.12. The normalized spacial score (nSPS) is 11.0. The molecule has 26 heavy (non-hydrogen) atoms. The quantitative estimate of drug-likeness (QED) is 0.592. The number of benzene rings is 1. The van der Waals surface area contributed by atoms with Gasteiger partial charge >= 0.3 is 0 Å². The summed E-state index contributed by atoms with van der Waals surface area (Å²) in [5.74, 6) is 0.733. The lowest BCUT2D eigenvalue weighted by Gasteiger charge is -2.02. The fraction of sp³-hybridized carbons (Fsp3) is 0.278. The molecule has 6 nitrogen and oxygen atoms in total. The summed E-state index contributed by atoms with van der Waals surface area (Å²) in [6.45, 7) is 6.05. The predicted octanol–water partition coefficient (Wildman–Crippen LogP) is 4.99. The molecule has 136 valence electrons. The van der Waals surface area contributed by atoms with Gasteiger partial charge in [0.05, 0.1) is 23.0 Å². The number of thiazole rings is 1. The van der Waals surface area contributed by atoms with Gasteiger partial charge in [-0.25, -0.2) is 4.98 Å². The van der Waals surface area contributed by atoms with E-state index in [0.717, 1.165) is 27.6 Å². The molecule has 3 aromatic rings. The SMILES string of the molecule is COc1ccc(-c2nc(NC(=O)c3n[nH]c(C(C)C)c3Br)sc2C)cc1. The number of anilines is 1. The molecule has 0 saturated heterocycles. The van der Waals surface area contributed by atoms with Gasteiger partial charge in [-0.3, -0.25) is 15.2 Å². The standard InChI is InChI=1S/C18H19BrN4O2S/c1-9(2)14-13(19)16(23-22-14)17(24)21-18-20-15(10(3)26-18)11-5-7-12(25-4)8-6-11/h5-9H,1-4H3,(H,22,23)(H,20,21,24). The number of aromatic amines is 1. The zero-order valence-electron chi connectivity index (χ0n) is 14.9. The number of aromatic nitrogens is 3. The Bertz CT molecular complexity index is 931. The Morgan fingerprint density at radius 1 is 1.31 bits per heavy atom. The highest BCUT2D eigenvalue weighted by molar-refractivity contribution is 9.10. The van der Waals surface area contributed by atoms with Crippen molar-refractivity contribution in [3.8, 4) is 17.0 Å². The zero-order valence-corrected chi connectivity index (χ0v) is 17.3. The maximum absolute atomic E-state index is 12.5. The number of nitrogens with zero attached hydrogens (tertiary/aromatic N) is 2. The van der Waals surface area contributed by atoms with Crippen molar-refractivity contribution >= 4 is 38.3 Å². The van der Waals surface area contributed by atoms with E-state index in [1.54, 1.807) is 7.11 Å². The molecule has 0 unspecified atom stereocenters. The van der Waals surface area contributed by atoms with Crippen LogP contribution in [-0.2, 0) is 0 Å². The van der Waals surface area contributed by atoms with E-state index in [9.17, 15) is 4.79 Å². The summed E-state index contributed by atoms with van der Waals surface area (Å²) in [6, 6.07) is 7.68. The number of methoxy groups -OCH3 is 1. The zero-order chi connectivity index (χ0) is 18.8. The molecule has 0 fully saturated rings. The fourth-order valence-corrected chi connectivity index (χ4v) is 4.14. The molecule has 2 aromatic heterocycles. The maximum atomic E-state index is 12.5. The minimum atomic E-state index is -0.296. The molecule has 0 atom stereocenters.